The first-order valence-corrected chi connectivity index (χ1v) is 4.13. The van der Waals surface area contributed by atoms with E-state index in [0.29, 0.717) is 6.42 Å². The van der Waals surface area contributed by atoms with Crippen molar-refractivity contribution < 1.29 is 14.6 Å². The van der Waals surface area contributed by atoms with Gasteiger partial charge in [-0.15, -0.1) is 0 Å². The molecular weight excluding hydrogens is 156 g/mol. The maximum Gasteiger partial charge on any atom is 0.303 e. The minimum Gasteiger partial charge on any atom is -0.458 e. The zero-order valence-corrected chi connectivity index (χ0v) is 7.36. The summed E-state index contributed by atoms with van der Waals surface area (Å²) in [5, 5.41) is 9.20. The topological polar surface area (TPSA) is 46.5 Å². The molecule has 0 aromatic rings. The molecule has 0 saturated carbocycles. The molecule has 0 bridgehead atoms. The number of aliphatic hydroxyl groups is 1. The van der Waals surface area contributed by atoms with Crippen LogP contribution >= 0.6 is 0 Å². The Morgan fingerprint density at radius 3 is 2.75 bits per heavy atom. The van der Waals surface area contributed by atoms with Crippen molar-refractivity contribution in [1.29, 1.82) is 0 Å². The second-order valence-electron chi connectivity index (χ2n) is 3.24. The second-order valence-corrected chi connectivity index (χ2v) is 3.24. The van der Waals surface area contributed by atoms with Gasteiger partial charge in [-0.25, -0.2) is 0 Å². The molecule has 0 saturated heterocycles. The quantitative estimate of drug-likeness (QED) is 0.469. The van der Waals surface area contributed by atoms with Crippen molar-refractivity contribution in [2.24, 2.45) is 5.92 Å². The Labute approximate surface area is 72.0 Å². The zero-order chi connectivity index (χ0) is 9.14. The fourth-order valence-electron chi connectivity index (χ4n) is 1.37. The van der Waals surface area contributed by atoms with Gasteiger partial charge in [-0.2, -0.15) is 0 Å². The lowest BCUT2D eigenvalue weighted by molar-refractivity contribution is -0.146. The summed E-state index contributed by atoms with van der Waals surface area (Å²) >= 11 is 0. The van der Waals surface area contributed by atoms with Crippen molar-refractivity contribution >= 4 is 5.97 Å². The first-order chi connectivity index (χ1) is 5.59. The summed E-state index contributed by atoms with van der Waals surface area (Å²) in [6, 6.07) is 0. The SMILES string of the molecule is CC(=O)O[C@H]1C=C[C@H](O)C[C@H]1C. The van der Waals surface area contributed by atoms with E-state index in [1.54, 1.807) is 12.2 Å². The van der Waals surface area contributed by atoms with Crippen LogP contribution in [0.2, 0.25) is 0 Å². The molecule has 0 radical (unpaired) electrons. The minimum absolute atomic E-state index is 0.161. The van der Waals surface area contributed by atoms with E-state index < -0.39 is 0 Å². The first-order valence-electron chi connectivity index (χ1n) is 4.13. The average Bonchev–Trinajstić information content (AvgIpc) is 1.94. The predicted molar refractivity (Wildman–Crippen MR) is 44.5 cm³/mol. The van der Waals surface area contributed by atoms with E-state index in [0.717, 1.165) is 0 Å². The monoisotopic (exact) mass is 170 g/mol. The van der Waals surface area contributed by atoms with Crippen LogP contribution in [-0.4, -0.2) is 23.3 Å². The Hall–Kier alpha value is -0.830. The number of hydrogen-bond donors (Lipinski definition) is 1. The van der Waals surface area contributed by atoms with Crippen LogP contribution < -0.4 is 0 Å². The lowest BCUT2D eigenvalue weighted by Crippen LogP contribution is -2.29. The molecule has 1 aliphatic carbocycles. The molecule has 3 atom stereocenters. The Bertz CT molecular complexity index is 198. The molecule has 0 heterocycles. The maximum absolute atomic E-state index is 10.6. The van der Waals surface area contributed by atoms with E-state index in [1.165, 1.54) is 6.92 Å². The van der Waals surface area contributed by atoms with Crippen molar-refractivity contribution in [3.63, 3.8) is 0 Å². The number of esters is 1. The van der Waals surface area contributed by atoms with Crippen LogP contribution in [0, 0.1) is 5.92 Å². The van der Waals surface area contributed by atoms with Gasteiger partial charge in [0.15, 0.2) is 0 Å². The van der Waals surface area contributed by atoms with Crippen molar-refractivity contribution in [2.75, 3.05) is 0 Å². The van der Waals surface area contributed by atoms with Gasteiger partial charge in [0, 0.05) is 6.92 Å². The summed E-state index contributed by atoms with van der Waals surface area (Å²) < 4.78 is 5.01. The van der Waals surface area contributed by atoms with E-state index in [1.807, 2.05) is 6.92 Å². The third kappa shape index (κ3) is 2.34. The van der Waals surface area contributed by atoms with E-state index in [-0.39, 0.29) is 24.1 Å². The standard InChI is InChI=1S/C9H14O3/c1-6-5-8(11)3-4-9(6)12-7(2)10/h3-4,6,8-9,11H,5H2,1-2H3/t6-,8+,9+/m1/s1. The van der Waals surface area contributed by atoms with Gasteiger partial charge >= 0.3 is 5.97 Å². The number of hydrogen-bond acceptors (Lipinski definition) is 3. The van der Waals surface area contributed by atoms with Crippen LogP contribution in [0.1, 0.15) is 20.3 Å². The third-order valence-electron chi connectivity index (χ3n) is 2.00. The van der Waals surface area contributed by atoms with Crippen LogP contribution in [0.5, 0.6) is 0 Å². The molecule has 68 valence electrons. The van der Waals surface area contributed by atoms with E-state index in [2.05, 4.69) is 0 Å². The van der Waals surface area contributed by atoms with Crippen molar-refractivity contribution in [2.45, 2.75) is 32.5 Å². The van der Waals surface area contributed by atoms with Crippen molar-refractivity contribution in [3.8, 4) is 0 Å². The zero-order valence-electron chi connectivity index (χ0n) is 7.36. The summed E-state index contributed by atoms with van der Waals surface area (Å²) in [4.78, 5) is 10.6. The van der Waals surface area contributed by atoms with Gasteiger partial charge in [-0.3, -0.25) is 4.79 Å². The Morgan fingerprint density at radius 2 is 2.25 bits per heavy atom. The third-order valence-corrected chi connectivity index (χ3v) is 2.00. The average molecular weight is 170 g/mol. The van der Waals surface area contributed by atoms with Gasteiger partial charge in [0.05, 0.1) is 6.10 Å². The highest BCUT2D eigenvalue weighted by Crippen LogP contribution is 2.21. The fraction of sp³-hybridized carbons (Fsp3) is 0.667. The maximum atomic E-state index is 10.6. The Morgan fingerprint density at radius 1 is 1.58 bits per heavy atom. The largest absolute Gasteiger partial charge is 0.458 e. The molecule has 0 aromatic heterocycles. The van der Waals surface area contributed by atoms with Gasteiger partial charge in [-0.1, -0.05) is 13.0 Å². The normalized spacial score (nSPS) is 34.8. The lowest BCUT2D eigenvalue weighted by atomic mass is 9.92. The van der Waals surface area contributed by atoms with Gasteiger partial charge in [0.1, 0.15) is 6.10 Å². The number of rotatable bonds is 1. The molecule has 0 amide bonds. The number of carbonyl (C=O) groups is 1. The summed E-state index contributed by atoms with van der Waals surface area (Å²) in [5.74, 6) is -0.0678. The van der Waals surface area contributed by atoms with Gasteiger partial charge in [0.25, 0.3) is 0 Å². The van der Waals surface area contributed by atoms with Crippen LogP contribution in [-0.2, 0) is 9.53 Å². The highest BCUT2D eigenvalue weighted by molar-refractivity contribution is 5.66. The highest BCUT2D eigenvalue weighted by Gasteiger charge is 2.23. The van der Waals surface area contributed by atoms with E-state index >= 15 is 0 Å². The minimum atomic E-state index is -0.383. The molecule has 3 heteroatoms. The van der Waals surface area contributed by atoms with Crippen LogP contribution in [0.3, 0.4) is 0 Å². The second kappa shape index (κ2) is 3.72. The molecule has 1 aliphatic rings. The van der Waals surface area contributed by atoms with Crippen LogP contribution in [0.4, 0.5) is 0 Å². The fourth-order valence-corrected chi connectivity index (χ4v) is 1.37. The highest BCUT2D eigenvalue weighted by atomic mass is 16.5. The molecule has 0 unspecified atom stereocenters. The molecule has 0 spiro atoms. The molecule has 1 rings (SSSR count). The molecule has 0 aromatic carbocycles. The Kier molecular flexibility index (Phi) is 2.87. The van der Waals surface area contributed by atoms with Gasteiger partial charge < -0.3 is 9.84 Å². The number of aliphatic hydroxyl groups excluding tert-OH is 1. The van der Waals surface area contributed by atoms with Gasteiger partial charge in [0.2, 0.25) is 0 Å². The molecule has 1 N–H and O–H groups in total. The van der Waals surface area contributed by atoms with E-state index in [9.17, 15) is 9.90 Å². The van der Waals surface area contributed by atoms with Crippen LogP contribution in [0.25, 0.3) is 0 Å². The van der Waals surface area contributed by atoms with E-state index in [4.69, 9.17) is 4.74 Å². The summed E-state index contributed by atoms with van der Waals surface area (Å²) in [6.45, 7) is 3.35. The lowest BCUT2D eigenvalue weighted by Gasteiger charge is -2.26. The first kappa shape index (κ1) is 9.26. The summed E-state index contributed by atoms with van der Waals surface area (Å²) in [5.41, 5.74) is 0. The molecule has 3 nitrogen and oxygen atoms in total. The number of ether oxygens (including phenoxy) is 1. The summed E-state index contributed by atoms with van der Waals surface area (Å²) in [7, 11) is 0. The van der Waals surface area contributed by atoms with Crippen molar-refractivity contribution in [1.82, 2.24) is 0 Å². The molecule has 0 fully saturated rings. The molecule has 0 aliphatic heterocycles. The number of carbonyl (C=O) groups excluding carboxylic acids is 1. The van der Waals surface area contributed by atoms with Crippen LogP contribution in [0.15, 0.2) is 12.2 Å². The molecule has 12 heavy (non-hydrogen) atoms. The smallest absolute Gasteiger partial charge is 0.303 e. The summed E-state index contributed by atoms with van der Waals surface area (Å²) in [6.07, 6.45) is 3.54. The van der Waals surface area contributed by atoms with Crippen molar-refractivity contribution in [3.05, 3.63) is 12.2 Å². The Balaban J connectivity index is 2.54. The van der Waals surface area contributed by atoms with Gasteiger partial charge in [-0.05, 0) is 18.4 Å². The predicted octanol–water partition coefficient (Wildman–Crippen LogP) is 0.875. The molecular formula is C9H14O3.